The number of carbonyl (C=O) groups excluding carboxylic acids is 2. The molecule has 30 heavy (non-hydrogen) atoms. The molecular formula is C24H22N2O4. The lowest BCUT2D eigenvalue weighted by Crippen LogP contribution is -2.31. The molecule has 0 spiro atoms. The number of anilines is 1. The van der Waals surface area contributed by atoms with Crippen LogP contribution in [0.25, 0.3) is 0 Å². The topological polar surface area (TPSA) is 67.9 Å². The number of benzene rings is 3. The molecule has 6 heteroatoms. The molecule has 1 aliphatic heterocycles. The van der Waals surface area contributed by atoms with E-state index < -0.39 is 0 Å². The zero-order valence-electron chi connectivity index (χ0n) is 16.6. The summed E-state index contributed by atoms with van der Waals surface area (Å²) in [6, 6.07) is 22.2. The van der Waals surface area contributed by atoms with E-state index in [1.165, 1.54) is 0 Å². The van der Waals surface area contributed by atoms with Gasteiger partial charge in [-0.1, -0.05) is 36.4 Å². The summed E-state index contributed by atoms with van der Waals surface area (Å²) >= 11 is 0. The number of fused-ring (bicyclic) bond motifs is 1. The number of nitrogens with zero attached hydrogens (tertiary/aromatic N) is 1. The maximum Gasteiger partial charge on any atom is 0.261 e. The first kappa shape index (κ1) is 19.5. The van der Waals surface area contributed by atoms with E-state index in [0.717, 1.165) is 11.1 Å². The Balaban J connectivity index is 1.53. The van der Waals surface area contributed by atoms with Gasteiger partial charge in [0.05, 0.1) is 7.11 Å². The van der Waals surface area contributed by atoms with Crippen molar-refractivity contribution >= 4 is 17.5 Å². The van der Waals surface area contributed by atoms with Crippen molar-refractivity contribution in [1.29, 1.82) is 0 Å². The number of amides is 2. The molecule has 152 valence electrons. The quantitative estimate of drug-likeness (QED) is 0.704. The first-order valence-electron chi connectivity index (χ1n) is 9.65. The molecule has 0 bridgehead atoms. The highest BCUT2D eigenvalue weighted by molar-refractivity contribution is 6.04. The summed E-state index contributed by atoms with van der Waals surface area (Å²) in [6.45, 7) is 0.907. The van der Waals surface area contributed by atoms with Crippen LogP contribution >= 0.6 is 0 Å². The molecule has 0 saturated carbocycles. The summed E-state index contributed by atoms with van der Waals surface area (Å²) in [4.78, 5) is 26.9. The van der Waals surface area contributed by atoms with Gasteiger partial charge in [-0.25, -0.2) is 0 Å². The maximum absolute atomic E-state index is 12.6. The standard InChI is InChI=1S/C24H22N2O4/c1-29-21-9-5-8-18(13-21)24(28)25-20-10-11-22-19(12-20)15-26(23(27)16-30-22)14-17-6-3-2-4-7-17/h2-13H,14-16H2,1H3,(H,25,28). The maximum atomic E-state index is 12.6. The Bertz CT molecular complexity index is 1070. The molecule has 2 amide bonds. The number of ether oxygens (including phenoxy) is 2. The molecule has 0 aromatic heterocycles. The molecule has 3 aromatic rings. The van der Waals surface area contributed by atoms with Crippen molar-refractivity contribution in [3.8, 4) is 11.5 Å². The molecule has 4 rings (SSSR count). The van der Waals surface area contributed by atoms with E-state index in [0.29, 0.717) is 35.8 Å². The smallest absolute Gasteiger partial charge is 0.261 e. The van der Waals surface area contributed by atoms with Gasteiger partial charge in [0, 0.05) is 29.9 Å². The van der Waals surface area contributed by atoms with Gasteiger partial charge < -0.3 is 19.7 Å². The van der Waals surface area contributed by atoms with E-state index in [4.69, 9.17) is 9.47 Å². The number of nitrogens with one attached hydrogen (secondary N) is 1. The van der Waals surface area contributed by atoms with Crippen LogP contribution < -0.4 is 14.8 Å². The fourth-order valence-corrected chi connectivity index (χ4v) is 3.36. The molecular weight excluding hydrogens is 380 g/mol. The summed E-state index contributed by atoms with van der Waals surface area (Å²) in [5.74, 6) is 0.962. The van der Waals surface area contributed by atoms with Gasteiger partial charge in [0.1, 0.15) is 11.5 Å². The summed E-state index contributed by atoms with van der Waals surface area (Å²) in [5, 5.41) is 2.90. The Kier molecular flexibility index (Phi) is 5.66. The molecule has 0 fully saturated rings. The van der Waals surface area contributed by atoms with Crippen molar-refractivity contribution in [2.24, 2.45) is 0 Å². The third kappa shape index (κ3) is 4.43. The van der Waals surface area contributed by atoms with E-state index in [1.807, 2.05) is 36.4 Å². The van der Waals surface area contributed by atoms with Crippen LogP contribution in [0.4, 0.5) is 5.69 Å². The van der Waals surface area contributed by atoms with Crippen molar-refractivity contribution < 1.29 is 19.1 Å². The van der Waals surface area contributed by atoms with Crippen molar-refractivity contribution in [2.75, 3.05) is 19.0 Å². The van der Waals surface area contributed by atoms with Crippen molar-refractivity contribution in [2.45, 2.75) is 13.1 Å². The van der Waals surface area contributed by atoms with Crippen molar-refractivity contribution in [3.63, 3.8) is 0 Å². The van der Waals surface area contributed by atoms with Gasteiger partial charge in [0.25, 0.3) is 11.8 Å². The first-order chi connectivity index (χ1) is 14.6. The Labute approximate surface area is 175 Å². The number of rotatable bonds is 5. The van der Waals surface area contributed by atoms with Crippen LogP contribution in [0.2, 0.25) is 0 Å². The van der Waals surface area contributed by atoms with Gasteiger partial charge in [0.15, 0.2) is 6.61 Å². The Morgan fingerprint density at radius 3 is 2.70 bits per heavy atom. The third-order valence-electron chi connectivity index (χ3n) is 4.93. The lowest BCUT2D eigenvalue weighted by Gasteiger charge is -2.20. The molecule has 0 unspecified atom stereocenters. The average molecular weight is 402 g/mol. The Hall–Kier alpha value is -3.80. The van der Waals surface area contributed by atoms with Crippen LogP contribution in [0.5, 0.6) is 11.5 Å². The largest absolute Gasteiger partial charge is 0.497 e. The van der Waals surface area contributed by atoms with Crippen LogP contribution in [0.3, 0.4) is 0 Å². The van der Waals surface area contributed by atoms with Gasteiger partial charge in [-0.05, 0) is 42.0 Å². The lowest BCUT2D eigenvalue weighted by atomic mass is 10.1. The van der Waals surface area contributed by atoms with E-state index in [2.05, 4.69) is 5.32 Å². The first-order valence-corrected chi connectivity index (χ1v) is 9.65. The minimum atomic E-state index is -0.236. The monoisotopic (exact) mass is 402 g/mol. The number of hydrogen-bond donors (Lipinski definition) is 1. The SMILES string of the molecule is COc1cccc(C(=O)Nc2ccc3c(c2)CN(Cc2ccccc2)C(=O)CO3)c1. The second kappa shape index (κ2) is 8.69. The summed E-state index contributed by atoms with van der Waals surface area (Å²) < 4.78 is 10.9. The van der Waals surface area contributed by atoms with Crippen molar-refractivity contribution in [1.82, 2.24) is 4.90 Å². The van der Waals surface area contributed by atoms with Gasteiger partial charge >= 0.3 is 0 Å². The van der Waals surface area contributed by atoms with E-state index in [1.54, 1.807) is 48.4 Å². The minimum absolute atomic E-state index is 0.00461. The fourth-order valence-electron chi connectivity index (χ4n) is 3.36. The van der Waals surface area contributed by atoms with E-state index in [9.17, 15) is 9.59 Å². The highest BCUT2D eigenvalue weighted by Gasteiger charge is 2.22. The zero-order chi connectivity index (χ0) is 20.9. The second-order valence-electron chi connectivity index (χ2n) is 7.03. The number of hydrogen-bond acceptors (Lipinski definition) is 4. The normalized spacial score (nSPS) is 13.1. The Morgan fingerprint density at radius 1 is 1.07 bits per heavy atom. The molecule has 1 N–H and O–H groups in total. The van der Waals surface area contributed by atoms with Crippen LogP contribution in [0, 0.1) is 0 Å². The second-order valence-corrected chi connectivity index (χ2v) is 7.03. The summed E-state index contributed by atoms with van der Waals surface area (Å²) in [5.41, 5.74) is 3.04. The highest BCUT2D eigenvalue weighted by atomic mass is 16.5. The van der Waals surface area contributed by atoms with Gasteiger partial charge in [-0.2, -0.15) is 0 Å². The summed E-state index contributed by atoms with van der Waals surface area (Å²) in [6.07, 6.45) is 0. The van der Waals surface area contributed by atoms with Gasteiger partial charge in [0.2, 0.25) is 0 Å². The predicted molar refractivity (Wildman–Crippen MR) is 114 cm³/mol. The molecule has 0 saturated heterocycles. The molecule has 0 atom stereocenters. The van der Waals surface area contributed by atoms with E-state index in [-0.39, 0.29) is 18.4 Å². The van der Waals surface area contributed by atoms with E-state index >= 15 is 0 Å². The van der Waals surface area contributed by atoms with Crippen LogP contribution in [-0.4, -0.2) is 30.4 Å². The Morgan fingerprint density at radius 2 is 1.90 bits per heavy atom. The molecule has 1 heterocycles. The predicted octanol–water partition coefficient (Wildman–Crippen LogP) is 3.87. The average Bonchev–Trinajstić information content (AvgIpc) is 2.93. The van der Waals surface area contributed by atoms with Crippen LogP contribution in [-0.2, 0) is 17.9 Å². The van der Waals surface area contributed by atoms with Gasteiger partial charge in [-0.15, -0.1) is 0 Å². The summed E-state index contributed by atoms with van der Waals surface area (Å²) in [7, 11) is 1.56. The molecule has 3 aromatic carbocycles. The van der Waals surface area contributed by atoms with Crippen LogP contribution in [0.15, 0.2) is 72.8 Å². The molecule has 0 aliphatic carbocycles. The highest BCUT2D eigenvalue weighted by Crippen LogP contribution is 2.28. The molecule has 1 aliphatic rings. The number of carbonyl (C=O) groups is 2. The number of methoxy groups -OCH3 is 1. The molecule has 6 nitrogen and oxygen atoms in total. The van der Waals surface area contributed by atoms with Gasteiger partial charge in [-0.3, -0.25) is 9.59 Å². The lowest BCUT2D eigenvalue weighted by molar-refractivity contribution is -0.133. The zero-order valence-corrected chi connectivity index (χ0v) is 16.6. The minimum Gasteiger partial charge on any atom is -0.497 e. The van der Waals surface area contributed by atoms with Crippen LogP contribution in [0.1, 0.15) is 21.5 Å². The fraction of sp³-hybridized carbons (Fsp3) is 0.167. The third-order valence-corrected chi connectivity index (χ3v) is 4.93. The van der Waals surface area contributed by atoms with Crippen molar-refractivity contribution in [3.05, 3.63) is 89.5 Å². The molecule has 0 radical (unpaired) electrons.